The van der Waals surface area contributed by atoms with Crippen LogP contribution in [0.5, 0.6) is 0 Å². The number of nitrogens with zero attached hydrogens (tertiary/aromatic N) is 3. The van der Waals surface area contributed by atoms with E-state index in [2.05, 4.69) is 10.1 Å². The monoisotopic (exact) mass is 174 g/mol. The zero-order valence-electron chi connectivity index (χ0n) is 7.14. The second-order valence-electron chi connectivity index (χ2n) is 3.48. The quantitative estimate of drug-likeness (QED) is 0.706. The Labute approximate surface area is 75.4 Å². The number of aromatic nitrogens is 3. The minimum atomic E-state index is 0.655. The van der Waals surface area contributed by atoms with E-state index in [1.165, 1.54) is 18.5 Å². The summed E-state index contributed by atoms with van der Waals surface area (Å²) in [4.78, 5) is 4.19. The number of hydrogen-bond donors (Lipinski definition) is 1. The first-order valence-corrected chi connectivity index (χ1v) is 4.44. The highest BCUT2D eigenvalue weighted by Crippen LogP contribution is 2.39. The molecule has 4 heteroatoms. The Hall–Kier alpha value is -1.58. The van der Waals surface area contributed by atoms with Gasteiger partial charge in [-0.3, -0.25) is 0 Å². The van der Waals surface area contributed by atoms with E-state index in [0.29, 0.717) is 11.6 Å². The van der Waals surface area contributed by atoms with Gasteiger partial charge >= 0.3 is 0 Å². The van der Waals surface area contributed by atoms with Crippen molar-refractivity contribution in [1.82, 2.24) is 14.6 Å². The van der Waals surface area contributed by atoms with E-state index < -0.39 is 0 Å². The van der Waals surface area contributed by atoms with Crippen molar-refractivity contribution in [3.63, 3.8) is 0 Å². The van der Waals surface area contributed by atoms with Crippen molar-refractivity contribution in [2.75, 3.05) is 5.73 Å². The summed E-state index contributed by atoms with van der Waals surface area (Å²) in [5, 5.41) is 4.21. The van der Waals surface area contributed by atoms with Crippen molar-refractivity contribution in [3.8, 4) is 0 Å². The molecule has 2 aromatic heterocycles. The maximum Gasteiger partial charge on any atom is 0.178 e. The van der Waals surface area contributed by atoms with Gasteiger partial charge < -0.3 is 5.73 Å². The van der Waals surface area contributed by atoms with E-state index in [9.17, 15) is 0 Å². The number of anilines is 1. The van der Waals surface area contributed by atoms with E-state index in [-0.39, 0.29) is 0 Å². The molecule has 0 radical (unpaired) electrons. The molecule has 3 rings (SSSR count). The Kier molecular flexibility index (Phi) is 1.17. The van der Waals surface area contributed by atoms with Crippen molar-refractivity contribution in [2.24, 2.45) is 0 Å². The van der Waals surface area contributed by atoms with Crippen LogP contribution in [0.1, 0.15) is 24.5 Å². The van der Waals surface area contributed by atoms with Gasteiger partial charge in [0.05, 0.1) is 11.9 Å². The standard InChI is InChI=1S/C9H10N4/c10-7-5-12-13-8(6-1-2-6)3-4-11-9(7)13/h3-6H,1-2,10H2. The predicted molar refractivity (Wildman–Crippen MR) is 49.4 cm³/mol. The second kappa shape index (κ2) is 2.22. The van der Waals surface area contributed by atoms with Crippen molar-refractivity contribution < 1.29 is 0 Å². The molecule has 1 fully saturated rings. The lowest BCUT2D eigenvalue weighted by Gasteiger charge is -2.00. The van der Waals surface area contributed by atoms with Crippen LogP contribution in [0.2, 0.25) is 0 Å². The SMILES string of the molecule is Nc1cnn2c(C3CC3)ccnc12. The van der Waals surface area contributed by atoms with Crippen molar-refractivity contribution in [1.29, 1.82) is 0 Å². The number of nitrogen functional groups attached to an aromatic ring is 1. The smallest absolute Gasteiger partial charge is 0.178 e. The number of nitrogens with two attached hydrogens (primary N) is 1. The Balaban J connectivity index is 2.33. The predicted octanol–water partition coefficient (Wildman–Crippen LogP) is 1.19. The van der Waals surface area contributed by atoms with Gasteiger partial charge in [0.15, 0.2) is 5.65 Å². The molecule has 0 aromatic carbocycles. The summed E-state index contributed by atoms with van der Waals surface area (Å²) in [5.74, 6) is 0.671. The molecule has 0 spiro atoms. The van der Waals surface area contributed by atoms with E-state index in [4.69, 9.17) is 5.73 Å². The Morgan fingerprint density at radius 2 is 2.31 bits per heavy atom. The molecule has 0 amide bonds. The topological polar surface area (TPSA) is 56.2 Å². The maximum atomic E-state index is 5.72. The molecule has 0 atom stereocenters. The molecule has 0 bridgehead atoms. The van der Waals surface area contributed by atoms with Gasteiger partial charge in [-0.25, -0.2) is 9.50 Å². The van der Waals surface area contributed by atoms with Crippen LogP contribution in [0.25, 0.3) is 5.65 Å². The van der Waals surface area contributed by atoms with Gasteiger partial charge in [0.1, 0.15) is 0 Å². The minimum absolute atomic E-state index is 0.655. The van der Waals surface area contributed by atoms with Crippen LogP contribution >= 0.6 is 0 Å². The summed E-state index contributed by atoms with van der Waals surface area (Å²) in [7, 11) is 0. The average molecular weight is 174 g/mol. The molecular formula is C9H10N4. The Morgan fingerprint density at radius 3 is 3.08 bits per heavy atom. The van der Waals surface area contributed by atoms with E-state index in [1.807, 2.05) is 10.6 Å². The molecule has 2 aromatic rings. The van der Waals surface area contributed by atoms with Crippen LogP contribution in [0, 0.1) is 0 Å². The molecule has 66 valence electrons. The Bertz CT molecular complexity index is 456. The van der Waals surface area contributed by atoms with Crippen molar-refractivity contribution in [3.05, 3.63) is 24.2 Å². The number of rotatable bonds is 1. The van der Waals surface area contributed by atoms with Crippen LogP contribution in [0.4, 0.5) is 5.69 Å². The largest absolute Gasteiger partial charge is 0.394 e. The third-order valence-corrected chi connectivity index (χ3v) is 2.45. The van der Waals surface area contributed by atoms with Crippen LogP contribution in [0.3, 0.4) is 0 Å². The fourth-order valence-electron chi connectivity index (χ4n) is 1.62. The van der Waals surface area contributed by atoms with Gasteiger partial charge in [0.25, 0.3) is 0 Å². The van der Waals surface area contributed by atoms with Gasteiger partial charge in [0, 0.05) is 17.8 Å². The summed E-state index contributed by atoms with van der Waals surface area (Å²) >= 11 is 0. The number of hydrogen-bond acceptors (Lipinski definition) is 3. The molecular weight excluding hydrogens is 164 g/mol. The third kappa shape index (κ3) is 0.915. The van der Waals surface area contributed by atoms with E-state index in [0.717, 1.165) is 5.65 Å². The molecule has 4 nitrogen and oxygen atoms in total. The average Bonchev–Trinajstić information content (AvgIpc) is 2.92. The van der Waals surface area contributed by atoms with E-state index >= 15 is 0 Å². The normalized spacial score (nSPS) is 16.6. The van der Waals surface area contributed by atoms with Crippen LogP contribution in [0.15, 0.2) is 18.5 Å². The molecule has 2 heterocycles. The molecule has 0 aliphatic heterocycles. The lowest BCUT2D eigenvalue weighted by molar-refractivity contribution is 0.842. The first-order chi connectivity index (χ1) is 6.36. The molecule has 0 unspecified atom stereocenters. The van der Waals surface area contributed by atoms with E-state index in [1.54, 1.807) is 12.4 Å². The second-order valence-corrected chi connectivity index (χ2v) is 3.48. The molecule has 1 aliphatic rings. The number of fused-ring (bicyclic) bond motifs is 1. The highest BCUT2D eigenvalue weighted by Gasteiger charge is 2.26. The van der Waals surface area contributed by atoms with Crippen LogP contribution < -0.4 is 5.73 Å². The Morgan fingerprint density at radius 1 is 1.46 bits per heavy atom. The summed E-state index contributed by atoms with van der Waals surface area (Å²) < 4.78 is 1.85. The van der Waals surface area contributed by atoms with Crippen molar-refractivity contribution in [2.45, 2.75) is 18.8 Å². The van der Waals surface area contributed by atoms with Crippen LogP contribution in [-0.4, -0.2) is 14.6 Å². The summed E-state index contributed by atoms with van der Waals surface area (Å²) in [6.45, 7) is 0. The molecule has 0 saturated heterocycles. The van der Waals surface area contributed by atoms with Gasteiger partial charge in [-0.05, 0) is 18.9 Å². The summed E-state index contributed by atoms with van der Waals surface area (Å²) in [6, 6.07) is 2.02. The highest BCUT2D eigenvalue weighted by atomic mass is 15.3. The van der Waals surface area contributed by atoms with Gasteiger partial charge in [-0.2, -0.15) is 5.10 Å². The third-order valence-electron chi connectivity index (χ3n) is 2.45. The fraction of sp³-hybridized carbons (Fsp3) is 0.333. The summed E-state index contributed by atoms with van der Waals surface area (Å²) in [5.41, 5.74) is 8.39. The lowest BCUT2D eigenvalue weighted by Crippen LogP contribution is -1.98. The van der Waals surface area contributed by atoms with Crippen molar-refractivity contribution >= 4 is 11.3 Å². The van der Waals surface area contributed by atoms with Gasteiger partial charge in [-0.1, -0.05) is 0 Å². The molecule has 13 heavy (non-hydrogen) atoms. The zero-order chi connectivity index (χ0) is 8.84. The molecule has 1 aliphatic carbocycles. The van der Waals surface area contributed by atoms with Gasteiger partial charge in [-0.15, -0.1) is 0 Å². The first kappa shape index (κ1) is 6.88. The zero-order valence-corrected chi connectivity index (χ0v) is 7.14. The van der Waals surface area contributed by atoms with Gasteiger partial charge in [0.2, 0.25) is 0 Å². The highest BCUT2D eigenvalue weighted by molar-refractivity contribution is 5.63. The fourth-order valence-corrected chi connectivity index (χ4v) is 1.62. The minimum Gasteiger partial charge on any atom is -0.394 e. The molecule has 2 N–H and O–H groups in total. The summed E-state index contributed by atoms with van der Waals surface area (Å²) in [6.07, 6.45) is 5.99. The molecule has 1 saturated carbocycles. The first-order valence-electron chi connectivity index (χ1n) is 4.44. The lowest BCUT2D eigenvalue weighted by atomic mass is 10.3. The van der Waals surface area contributed by atoms with Crippen LogP contribution in [-0.2, 0) is 0 Å². The maximum absolute atomic E-state index is 5.72.